The summed E-state index contributed by atoms with van der Waals surface area (Å²) in [4.78, 5) is 16.8. The zero-order valence-electron chi connectivity index (χ0n) is 12.9. The van der Waals surface area contributed by atoms with Crippen molar-refractivity contribution in [3.05, 3.63) is 24.0 Å². The summed E-state index contributed by atoms with van der Waals surface area (Å²) in [6.45, 7) is 4.11. The van der Waals surface area contributed by atoms with Crippen LogP contribution in [0.5, 0.6) is 0 Å². The first-order valence-corrected chi connectivity index (χ1v) is 7.47. The van der Waals surface area contributed by atoms with Crippen molar-refractivity contribution in [1.29, 1.82) is 0 Å². The van der Waals surface area contributed by atoms with Crippen LogP contribution >= 0.6 is 0 Å². The second-order valence-corrected chi connectivity index (χ2v) is 5.16. The van der Waals surface area contributed by atoms with Crippen LogP contribution in [0.2, 0.25) is 0 Å². The molecule has 0 fully saturated rings. The molecule has 2 aromatic rings. The van der Waals surface area contributed by atoms with Crippen molar-refractivity contribution in [2.75, 3.05) is 12.8 Å². The summed E-state index contributed by atoms with van der Waals surface area (Å²) >= 11 is 0. The molecule has 0 amide bonds. The molecular weight excluding hydrogens is 266 g/mol. The van der Waals surface area contributed by atoms with Gasteiger partial charge in [-0.1, -0.05) is 26.3 Å². The van der Waals surface area contributed by atoms with E-state index in [1.165, 1.54) is 7.11 Å². The molecule has 5 heteroatoms. The van der Waals surface area contributed by atoms with Crippen molar-refractivity contribution in [3.8, 4) is 0 Å². The van der Waals surface area contributed by atoms with Crippen molar-refractivity contribution in [2.45, 2.75) is 45.6 Å². The van der Waals surface area contributed by atoms with Gasteiger partial charge in [-0.3, -0.25) is 0 Å². The Labute approximate surface area is 125 Å². The van der Waals surface area contributed by atoms with E-state index in [-0.39, 0.29) is 12.0 Å². The second kappa shape index (κ2) is 6.61. The largest absolute Gasteiger partial charge is 0.467 e. The molecular formula is C16H23N3O2. The highest BCUT2D eigenvalue weighted by atomic mass is 16.5. The predicted molar refractivity (Wildman–Crippen MR) is 84.1 cm³/mol. The average molecular weight is 289 g/mol. The molecule has 2 rings (SSSR count). The summed E-state index contributed by atoms with van der Waals surface area (Å²) in [5, 5.41) is 0. The second-order valence-electron chi connectivity index (χ2n) is 5.16. The molecule has 2 N–H and O–H groups in total. The first-order valence-electron chi connectivity index (χ1n) is 7.47. The highest BCUT2D eigenvalue weighted by molar-refractivity contribution is 5.89. The highest BCUT2D eigenvalue weighted by Gasteiger charge is 2.25. The number of esters is 1. The van der Waals surface area contributed by atoms with Gasteiger partial charge in [0.15, 0.2) is 0 Å². The third-order valence-electron chi connectivity index (χ3n) is 3.75. The fourth-order valence-electron chi connectivity index (χ4n) is 2.64. The number of ether oxygens (including phenoxy) is 1. The van der Waals surface area contributed by atoms with Gasteiger partial charge in [-0.2, -0.15) is 0 Å². The molecule has 0 saturated heterocycles. The van der Waals surface area contributed by atoms with E-state index in [1.54, 1.807) is 0 Å². The molecule has 114 valence electrons. The maximum atomic E-state index is 12.1. The number of carbonyl (C=O) groups excluding carboxylic acids is 1. The lowest BCUT2D eigenvalue weighted by Gasteiger charge is -2.18. The molecule has 1 aromatic carbocycles. The van der Waals surface area contributed by atoms with E-state index in [0.717, 1.165) is 36.1 Å². The number of hydrogen-bond donors (Lipinski definition) is 1. The van der Waals surface area contributed by atoms with Crippen LogP contribution in [0.3, 0.4) is 0 Å². The van der Waals surface area contributed by atoms with Gasteiger partial charge in [0.25, 0.3) is 0 Å². The standard InChI is InChI=1S/C16H23N3O2/c1-4-6-10-14-18-15-11(17)8-7-9-13(15)19(14)12(5-2)16(20)21-3/h7-9,12H,4-6,10,17H2,1-3H3. The predicted octanol–water partition coefficient (Wildman–Crippen LogP) is 3.09. The van der Waals surface area contributed by atoms with Crippen molar-refractivity contribution in [3.63, 3.8) is 0 Å². The van der Waals surface area contributed by atoms with E-state index < -0.39 is 0 Å². The lowest BCUT2D eigenvalue weighted by atomic mass is 10.2. The van der Waals surface area contributed by atoms with E-state index in [0.29, 0.717) is 12.1 Å². The minimum atomic E-state index is -0.353. The number of nitrogens with two attached hydrogens (primary N) is 1. The minimum absolute atomic E-state index is 0.239. The molecule has 1 heterocycles. The topological polar surface area (TPSA) is 70.1 Å². The van der Waals surface area contributed by atoms with Gasteiger partial charge >= 0.3 is 5.97 Å². The first-order chi connectivity index (χ1) is 10.1. The van der Waals surface area contributed by atoms with Crippen LogP contribution in [0, 0.1) is 0 Å². The first kappa shape index (κ1) is 15.4. The van der Waals surface area contributed by atoms with Gasteiger partial charge in [-0.15, -0.1) is 0 Å². The van der Waals surface area contributed by atoms with Crippen molar-refractivity contribution in [1.82, 2.24) is 9.55 Å². The van der Waals surface area contributed by atoms with Gasteiger partial charge in [0, 0.05) is 6.42 Å². The number of nitrogen functional groups attached to an aromatic ring is 1. The summed E-state index contributed by atoms with van der Waals surface area (Å²) in [5.41, 5.74) is 8.34. The third-order valence-corrected chi connectivity index (χ3v) is 3.75. The number of imidazole rings is 1. The Bertz CT molecular complexity index is 634. The number of fused-ring (bicyclic) bond motifs is 1. The molecule has 21 heavy (non-hydrogen) atoms. The Kier molecular flexibility index (Phi) is 4.83. The van der Waals surface area contributed by atoms with E-state index in [1.807, 2.05) is 29.7 Å². The maximum Gasteiger partial charge on any atom is 0.328 e. The van der Waals surface area contributed by atoms with Gasteiger partial charge in [-0.25, -0.2) is 9.78 Å². The van der Waals surface area contributed by atoms with Crippen LogP contribution in [0.4, 0.5) is 5.69 Å². The average Bonchev–Trinajstić information content (AvgIpc) is 2.86. The maximum absolute atomic E-state index is 12.1. The number of unbranched alkanes of at least 4 members (excludes halogenated alkanes) is 1. The van der Waals surface area contributed by atoms with Crippen LogP contribution in [0.15, 0.2) is 18.2 Å². The summed E-state index contributed by atoms with van der Waals surface area (Å²) in [6.07, 6.45) is 3.60. The zero-order chi connectivity index (χ0) is 15.4. The molecule has 0 saturated carbocycles. The number of benzene rings is 1. The zero-order valence-corrected chi connectivity index (χ0v) is 12.9. The number of hydrogen-bond acceptors (Lipinski definition) is 4. The number of nitrogens with zero attached hydrogens (tertiary/aromatic N) is 2. The van der Waals surface area contributed by atoms with Gasteiger partial charge in [0.2, 0.25) is 0 Å². The number of methoxy groups -OCH3 is 1. The van der Waals surface area contributed by atoms with E-state index in [4.69, 9.17) is 10.5 Å². The summed E-state index contributed by atoms with van der Waals surface area (Å²) in [6, 6.07) is 5.33. The highest BCUT2D eigenvalue weighted by Crippen LogP contribution is 2.28. The fourth-order valence-corrected chi connectivity index (χ4v) is 2.64. The van der Waals surface area contributed by atoms with Crippen molar-refractivity contribution >= 4 is 22.7 Å². The monoisotopic (exact) mass is 289 g/mol. The van der Waals surface area contributed by atoms with Crippen LogP contribution in [-0.4, -0.2) is 22.6 Å². The molecule has 5 nitrogen and oxygen atoms in total. The lowest BCUT2D eigenvalue weighted by Crippen LogP contribution is -2.22. The molecule has 0 aliphatic heterocycles. The number of aromatic nitrogens is 2. The smallest absolute Gasteiger partial charge is 0.328 e. The van der Waals surface area contributed by atoms with Crippen LogP contribution < -0.4 is 5.73 Å². The van der Waals surface area contributed by atoms with E-state index in [9.17, 15) is 4.79 Å². The summed E-state index contributed by atoms with van der Waals surface area (Å²) in [7, 11) is 1.42. The number of aryl methyl sites for hydroxylation is 1. The Hall–Kier alpha value is -2.04. The van der Waals surface area contributed by atoms with E-state index in [2.05, 4.69) is 11.9 Å². The normalized spacial score (nSPS) is 12.5. The molecule has 0 aliphatic rings. The molecule has 0 spiro atoms. The fraction of sp³-hybridized carbons (Fsp3) is 0.500. The quantitative estimate of drug-likeness (QED) is 0.655. The number of para-hydroxylation sites is 1. The third kappa shape index (κ3) is 2.86. The van der Waals surface area contributed by atoms with Gasteiger partial charge in [0.1, 0.15) is 17.4 Å². The molecule has 0 aliphatic carbocycles. The molecule has 1 atom stereocenters. The van der Waals surface area contributed by atoms with Gasteiger partial charge < -0.3 is 15.0 Å². The lowest BCUT2D eigenvalue weighted by molar-refractivity contribution is -0.144. The van der Waals surface area contributed by atoms with Crippen LogP contribution in [0.25, 0.3) is 11.0 Å². The Balaban J connectivity index is 2.61. The molecule has 0 bridgehead atoms. The van der Waals surface area contributed by atoms with E-state index >= 15 is 0 Å². The molecule has 0 radical (unpaired) electrons. The number of anilines is 1. The Morgan fingerprint density at radius 1 is 1.43 bits per heavy atom. The van der Waals surface area contributed by atoms with Crippen LogP contribution in [0.1, 0.15) is 45.0 Å². The number of rotatable bonds is 6. The summed E-state index contributed by atoms with van der Waals surface area (Å²) < 4.78 is 6.94. The van der Waals surface area contributed by atoms with Gasteiger partial charge in [0.05, 0.1) is 18.3 Å². The van der Waals surface area contributed by atoms with Gasteiger partial charge in [-0.05, 0) is 25.0 Å². The Morgan fingerprint density at radius 3 is 2.81 bits per heavy atom. The van der Waals surface area contributed by atoms with Crippen molar-refractivity contribution in [2.24, 2.45) is 0 Å². The van der Waals surface area contributed by atoms with Crippen molar-refractivity contribution < 1.29 is 9.53 Å². The summed E-state index contributed by atoms with van der Waals surface area (Å²) in [5.74, 6) is 0.666. The minimum Gasteiger partial charge on any atom is -0.467 e. The molecule has 1 aromatic heterocycles. The Morgan fingerprint density at radius 2 is 2.19 bits per heavy atom. The number of carbonyl (C=O) groups is 1. The SMILES string of the molecule is CCCCc1nc2c(N)cccc2n1C(CC)C(=O)OC. The molecule has 1 unspecified atom stereocenters. The van der Waals surface area contributed by atoms with Crippen LogP contribution in [-0.2, 0) is 16.0 Å².